The van der Waals surface area contributed by atoms with Crippen molar-refractivity contribution in [1.29, 1.82) is 0 Å². The minimum atomic E-state index is -0.571. The van der Waals surface area contributed by atoms with Gasteiger partial charge in [0.15, 0.2) is 5.78 Å². The first-order valence-corrected chi connectivity index (χ1v) is 19.9. The van der Waals surface area contributed by atoms with Crippen LogP contribution < -0.4 is 16.4 Å². The smallest absolute Gasteiger partial charge is 0.312 e. The van der Waals surface area contributed by atoms with Crippen molar-refractivity contribution in [1.82, 2.24) is 10.6 Å². The average molecular weight is 736 g/mol. The lowest BCUT2D eigenvalue weighted by atomic mass is 9.84. The Morgan fingerprint density at radius 2 is 1.27 bits per heavy atom. The Kier molecular flexibility index (Phi) is 32.7. The van der Waals surface area contributed by atoms with E-state index >= 15 is 0 Å². The fourth-order valence-corrected chi connectivity index (χ4v) is 4.87. The summed E-state index contributed by atoms with van der Waals surface area (Å²) < 4.78 is 10.5. The van der Waals surface area contributed by atoms with Gasteiger partial charge in [0.05, 0.1) is 18.1 Å². The number of primary amides is 1. The van der Waals surface area contributed by atoms with E-state index in [1.165, 1.54) is 12.0 Å². The van der Waals surface area contributed by atoms with Crippen LogP contribution in [0.3, 0.4) is 0 Å². The second kappa shape index (κ2) is 31.7. The molecule has 0 aliphatic rings. The SMILES string of the molecule is CC.CC(C)CCOC(C)C.CC(C)Cc1ccc(COC(=O)C(C)C)cc1.CC(C)N[C@H](C(=O)C[C@@H](CCCNC(N)=O)C(=O)C(C)C)C(C)C. The van der Waals surface area contributed by atoms with Gasteiger partial charge < -0.3 is 25.8 Å². The van der Waals surface area contributed by atoms with Gasteiger partial charge in [-0.25, -0.2) is 4.79 Å². The van der Waals surface area contributed by atoms with Crippen molar-refractivity contribution in [3.63, 3.8) is 0 Å². The van der Waals surface area contributed by atoms with E-state index in [0.29, 0.717) is 38.0 Å². The molecule has 4 N–H and O–H groups in total. The van der Waals surface area contributed by atoms with Gasteiger partial charge in [0.1, 0.15) is 12.4 Å². The number of hydrogen-bond acceptors (Lipinski definition) is 7. The Morgan fingerprint density at radius 1 is 0.731 bits per heavy atom. The molecule has 9 heteroatoms. The number of esters is 1. The number of ketones is 2. The number of amides is 2. The van der Waals surface area contributed by atoms with Crippen LogP contribution in [0.4, 0.5) is 4.79 Å². The highest BCUT2D eigenvalue weighted by atomic mass is 16.5. The quantitative estimate of drug-likeness (QED) is 0.0845. The van der Waals surface area contributed by atoms with E-state index in [2.05, 4.69) is 64.3 Å². The van der Waals surface area contributed by atoms with E-state index in [-0.39, 0.29) is 59.7 Å². The number of rotatable bonds is 21. The maximum atomic E-state index is 12.7. The summed E-state index contributed by atoms with van der Waals surface area (Å²) >= 11 is 0. The molecule has 0 unspecified atom stereocenters. The number of carbonyl (C=O) groups is 4. The van der Waals surface area contributed by atoms with Gasteiger partial charge in [0.25, 0.3) is 0 Å². The van der Waals surface area contributed by atoms with Crippen molar-refractivity contribution in [2.75, 3.05) is 13.2 Å². The van der Waals surface area contributed by atoms with Crippen LogP contribution in [0.1, 0.15) is 148 Å². The first-order chi connectivity index (χ1) is 24.2. The van der Waals surface area contributed by atoms with Gasteiger partial charge in [0.2, 0.25) is 0 Å². The molecule has 0 aliphatic heterocycles. The maximum absolute atomic E-state index is 12.7. The lowest BCUT2D eigenvalue weighted by Crippen LogP contribution is -2.45. The van der Waals surface area contributed by atoms with E-state index in [9.17, 15) is 19.2 Å². The second-order valence-electron chi connectivity index (χ2n) is 15.7. The average Bonchev–Trinajstić information content (AvgIpc) is 3.04. The van der Waals surface area contributed by atoms with Gasteiger partial charge >= 0.3 is 12.0 Å². The molecule has 52 heavy (non-hydrogen) atoms. The van der Waals surface area contributed by atoms with E-state index in [1.807, 2.05) is 81.4 Å². The van der Waals surface area contributed by atoms with Crippen LogP contribution >= 0.6 is 0 Å². The van der Waals surface area contributed by atoms with E-state index in [4.69, 9.17) is 15.2 Å². The molecule has 0 aliphatic carbocycles. The Hall–Kier alpha value is -2.78. The molecule has 1 aromatic rings. The molecule has 0 heterocycles. The summed E-state index contributed by atoms with van der Waals surface area (Å²) in [6.45, 7) is 34.1. The zero-order chi connectivity index (χ0) is 41.0. The molecule has 2 amide bonds. The van der Waals surface area contributed by atoms with Crippen molar-refractivity contribution in [3.8, 4) is 0 Å². The molecule has 0 saturated carbocycles. The van der Waals surface area contributed by atoms with Gasteiger partial charge in [-0.2, -0.15) is 0 Å². The fourth-order valence-electron chi connectivity index (χ4n) is 4.87. The normalized spacial score (nSPS) is 12.1. The molecule has 9 nitrogen and oxygen atoms in total. The maximum Gasteiger partial charge on any atom is 0.312 e. The molecule has 0 aromatic heterocycles. The number of carbonyl (C=O) groups excluding carboxylic acids is 4. The number of Topliss-reactive ketones (excluding diaryl/α,β-unsaturated/α-hetero) is 2. The topological polar surface area (TPSA) is 137 Å². The Labute approximate surface area is 319 Å². The largest absolute Gasteiger partial charge is 0.461 e. The predicted molar refractivity (Wildman–Crippen MR) is 218 cm³/mol. The molecule has 1 rings (SSSR count). The number of ether oxygens (including phenoxy) is 2. The highest BCUT2D eigenvalue weighted by Gasteiger charge is 2.29. The molecule has 304 valence electrons. The molecule has 0 bridgehead atoms. The summed E-state index contributed by atoms with van der Waals surface area (Å²) in [7, 11) is 0. The van der Waals surface area contributed by atoms with Gasteiger partial charge in [0, 0.05) is 37.5 Å². The van der Waals surface area contributed by atoms with Gasteiger partial charge in [-0.15, -0.1) is 0 Å². The third kappa shape index (κ3) is 30.8. The van der Waals surface area contributed by atoms with Gasteiger partial charge in [-0.05, 0) is 68.4 Å². The van der Waals surface area contributed by atoms with E-state index < -0.39 is 6.03 Å². The number of hydrogen-bond donors (Lipinski definition) is 3. The number of nitrogens with one attached hydrogen (secondary N) is 2. The van der Waals surface area contributed by atoms with Crippen molar-refractivity contribution in [2.24, 2.45) is 41.2 Å². The van der Waals surface area contributed by atoms with Crippen LogP contribution in [-0.2, 0) is 36.9 Å². The summed E-state index contributed by atoms with van der Waals surface area (Å²) in [6.07, 6.45) is 4.11. The summed E-state index contributed by atoms with van der Waals surface area (Å²) in [6, 6.07) is 7.68. The minimum Gasteiger partial charge on any atom is -0.461 e. The fraction of sp³-hybridized carbons (Fsp3) is 0.767. The van der Waals surface area contributed by atoms with Crippen LogP contribution in [0.15, 0.2) is 24.3 Å². The molecule has 2 atom stereocenters. The van der Waals surface area contributed by atoms with Crippen LogP contribution in [0, 0.1) is 35.5 Å². The molecule has 0 saturated heterocycles. The standard InChI is InChI=1S/C18H35N3O3.C15H22O2.C8H18O.C2H6/c1-11(2)16(21-13(5)6)15(22)10-14(17(23)12(3)4)8-7-9-20-18(19)24;1-11(2)9-13-5-7-14(8-6-13)10-17-15(16)12(3)4;1-7(2)5-6-9-8(3)4;1-2/h11-14,16,21H,7-10H2,1-6H3,(H3,19,20,24);5-8,11-12H,9-10H2,1-4H3;7-8H,5-6H2,1-4H3;1-2H3/t14-,16+;;;/m1.../s1. The Bertz CT molecular complexity index is 1060. The number of urea groups is 1. The molecular weight excluding hydrogens is 654 g/mol. The lowest BCUT2D eigenvalue weighted by molar-refractivity contribution is -0.148. The Morgan fingerprint density at radius 3 is 1.67 bits per heavy atom. The van der Waals surface area contributed by atoms with Crippen molar-refractivity contribution < 1.29 is 28.7 Å². The molecule has 0 fully saturated rings. The predicted octanol–water partition coefficient (Wildman–Crippen LogP) is 9.33. The van der Waals surface area contributed by atoms with E-state index in [0.717, 1.165) is 24.5 Å². The van der Waals surface area contributed by atoms with Gasteiger partial charge in [-0.1, -0.05) is 121 Å². The van der Waals surface area contributed by atoms with Crippen LogP contribution in [0.2, 0.25) is 0 Å². The zero-order valence-electron chi connectivity index (χ0n) is 36.2. The molecule has 0 spiro atoms. The highest BCUT2D eigenvalue weighted by molar-refractivity contribution is 5.91. The summed E-state index contributed by atoms with van der Waals surface area (Å²) in [5.74, 6) is 1.18. The lowest BCUT2D eigenvalue weighted by Gasteiger charge is -2.26. The summed E-state index contributed by atoms with van der Waals surface area (Å²) in [5.41, 5.74) is 7.42. The van der Waals surface area contributed by atoms with E-state index in [1.54, 1.807) is 0 Å². The minimum absolute atomic E-state index is 0.0600. The zero-order valence-corrected chi connectivity index (χ0v) is 36.2. The van der Waals surface area contributed by atoms with Crippen LogP contribution in [0.25, 0.3) is 0 Å². The summed E-state index contributed by atoms with van der Waals surface area (Å²) in [4.78, 5) is 47.1. The first-order valence-electron chi connectivity index (χ1n) is 19.9. The first kappa shape index (κ1) is 53.6. The summed E-state index contributed by atoms with van der Waals surface area (Å²) in [5, 5.41) is 5.82. The van der Waals surface area contributed by atoms with Crippen LogP contribution in [-0.4, -0.2) is 54.9 Å². The van der Waals surface area contributed by atoms with Crippen molar-refractivity contribution in [3.05, 3.63) is 35.4 Å². The number of benzene rings is 1. The monoisotopic (exact) mass is 736 g/mol. The third-order valence-electron chi connectivity index (χ3n) is 7.64. The number of nitrogens with two attached hydrogens (primary N) is 1. The third-order valence-corrected chi connectivity index (χ3v) is 7.64. The van der Waals surface area contributed by atoms with Crippen molar-refractivity contribution in [2.45, 2.75) is 168 Å². The second-order valence-corrected chi connectivity index (χ2v) is 15.7. The Balaban J connectivity index is -0.000000741. The molecular formula is C43H81N3O6. The molecule has 0 radical (unpaired) electrons. The van der Waals surface area contributed by atoms with Crippen LogP contribution in [0.5, 0.6) is 0 Å². The van der Waals surface area contributed by atoms with Crippen molar-refractivity contribution >= 4 is 23.6 Å². The van der Waals surface area contributed by atoms with Gasteiger partial charge in [-0.3, -0.25) is 14.4 Å². The molecule has 1 aromatic carbocycles. The highest BCUT2D eigenvalue weighted by Crippen LogP contribution is 2.20.